The molecule has 0 bridgehead atoms. The van der Waals surface area contributed by atoms with Gasteiger partial charge in [-0.25, -0.2) is 4.79 Å². The molecule has 6 heteroatoms. The molecule has 0 radical (unpaired) electrons. The van der Waals surface area contributed by atoms with E-state index in [1.807, 2.05) is 45.9 Å². The van der Waals surface area contributed by atoms with E-state index in [9.17, 15) is 9.59 Å². The highest BCUT2D eigenvalue weighted by molar-refractivity contribution is 5.98. The summed E-state index contributed by atoms with van der Waals surface area (Å²) in [4.78, 5) is 29.8. The third kappa shape index (κ3) is 6.59. The van der Waals surface area contributed by atoms with Crippen LogP contribution in [-0.2, 0) is 9.53 Å². The number of nitrogens with one attached hydrogen (secondary N) is 1. The number of hydrogen-bond acceptors (Lipinski definition) is 5. The van der Waals surface area contributed by atoms with E-state index in [4.69, 9.17) is 9.47 Å². The van der Waals surface area contributed by atoms with Crippen LogP contribution in [0.15, 0.2) is 42.6 Å². The number of carbonyl (C=O) groups is 2. The SMILES string of the molecule is CCCCC(NC(=O)c1ccc(OC)c(-c2ccccn2)c1)C(=O)OC(C)(C)C. The van der Waals surface area contributed by atoms with E-state index in [-0.39, 0.29) is 5.91 Å². The van der Waals surface area contributed by atoms with Crippen molar-refractivity contribution >= 4 is 11.9 Å². The molecule has 0 aliphatic rings. The Kier molecular flexibility index (Phi) is 7.76. The van der Waals surface area contributed by atoms with Crippen molar-refractivity contribution in [2.75, 3.05) is 7.11 Å². The number of benzene rings is 1. The zero-order valence-corrected chi connectivity index (χ0v) is 17.8. The maximum absolute atomic E-state index is 12.9. The number of hydrogen-bond donors (Lipinski definition) is 1. The number of carbonyl (C=O) groups excluding carboxylic acids is 2. The molecule has 0 saturated heterocycles. The van der Waals surface area contributed by atoms with E-state index in [2.05, 4.69) is 10.3 Å². The molecule has 0 spiro atoms. The molecule has 0 aliphatic heterocycles. The van der Waals surface area contributed by atoms with Gasteiger partial charge in [0, 0.05) is 17.3 Å². The van der Waals surface area contributed by atoms with E-state index in [0.29, 0.717) is 29.0 Å². The molecule has 1 heterocycles. The molecule has 0 aliphatic carbocycles. The molecule has 29 heavy (non-hydrogen) atoms. The first-order valence-electron chi connectivity index (χ1n) is 9.88. The third-order valence-electron chi connectivity index (χ3n) is 4.25. The van der Waals surface area contributed by atoms with Gasteiger partial charge in [0.1, 0.15) is 17.4 Å². The predicted molar refractivity (Wildman–Crippen MR) is 113 cm³/mol. The van der Waals surface area contributed by atoms with Gasteiger partial charge in [0.05, 0.1) is 12.8 Å². The number of unbranched alkanes of at least 4 members (excludes halogenated alkanes) is 1. The van der Waals surface area contributed by atoms with Gasteiger partial charge < -0.3 is 14.8 Å². The topological polar surface area (TPSA) is 77.5 Å². The molecule has 156 valence electrons. The molecular formula is C23H30N2O4. The molecule has 0 fully saturated rings. The van der Waals surface area contributed by atoms with Crippen molar-refractivity contribution in [1.82, 2.24) is 10.3 Å². The predicted octanol–water partition coefficient (Wildman–Crippen LogP) is 4.39. The Labute approximate surface area is 172 Å². The van der Waals surface area contributed by atoms with Gasteiger partial charge in [-0.1, -0.05) is 25.8 Å². The largest absolute Gasteiger partial charge is 0.496 e. The van der Waals surface area contributed by atoms with Crippen LogP contribution in [0.4, 0.5) is 0 Å². The monoisotopic (exact) mass is 398 g/mol. The molecule has 1 aromatic carbocycles. The highest BCUT2D eigenvalue weighted by atomic mass is 16.6. The zero-order chi connectivity index (χ0) is 21.4. The number of pyridine rings is 1. The van der Waals surface area contributed by atoms with Crippen molar-refractivity contribution < 1.29 is 19.1 Å². The summed E-state index contributed by atoms with van der Waals surface area (Å²) in [6, 6.07) is 9.98. The molecular weight excluding hydrogens is 368 g/mol. The first-order chi connectivity index (χ1) is 13.7. The smallest absolute Gasteiger partial charge is 0.329 e. The molecule has 1 atom stereocenters. The lowest BCUT2D eigenvalue weighted by Gasteiger charge is -2.24. The number of nitrogens with zero attached hydrogens (tertiary/aromatic N) is 1. The van der Waals surface area contributed by atoms with Crippen LogP contribution >= 0.6 is 0 Å². The summed E-state index contributed by atoms with van der Waals surface area (Å²) in [7, 11) is 1.57. The molecule has 2 rings (SSSR count). The van der Waals surface area contributed by atoms with Crippen molar-refractivity contribution in [2.45, 2.75) is 58.6 Å². The molecule has 1 amide bonds. The number of aromatic nitrogens is 1. The second kappa shape index (κ2) is 10.0. The number of rotatable bonds is 8. The van der Waals surface area contributed by atoms with Crippen LogP contribution in [0.25, 0.3) is 11.3 Å². The number of ether oxygens (including phenoxy) is 2. The normalized spacial score (nSPS) is 12.2. The van der Waals surface area contributed by atoms with Gasteiger partial charge in [-0.3, -0.25) is 9.78 Å². The minimum absolute atomic E-state index is 0.336. The highest BCUT2D eigenvalue weighted by Gasteiger charge is 2.27. The Morgan fingerprint density at radius 2 is 1.93 bits per heavy atom. The van der Waals surface area contributed by atoms with Crippen LogP contribution in [0.1, 0.15) is 57.3 Å². The second-order valence-electron chi connectivity index (χ2n) is 7.83. The Hall–Kier alpha value is -2.89. The van der Waals surface area contributed by atoms with Gasteiger partial charge in [-0.05, 0) is 57.5 Å². The standard InChI is InChI=1S/C23H30N2O4/c1-6-7-10-19(22(27)29-23(2,3)4)25-21(26)16-12-13-20(28-5)17(15-16)18-11-8-9-14-24-18/h8-9,11-15,19H,6-7,10H2,1-5H3,(H,25,26). The maximum Gasteiger partial charge on any atom is 0.329 e. The lowest BCUT2D eigenvalue weighted by atomic mass is 10.0. The molecule has 1 N–H and O–H groups in total. The molecule has 2 aromatic rings. The van der Waals surface area contributed by atoms with E-state index in [1.165, 1.54) is 0 Å². The second-order valence-corrected chi connectivity index (χ2v) is 7.83. The van der Waals surface area contributed by atoms with E-state index < -0.39 is 17.6 Å². The van der Waals surface area contributed by atoms with Crippen molar-refractivity contribution in [3.63, 3.8) is 0 Å². The van der Waals surface area contributed by atoms with Gasteiger partial charge in [-0.2, -0.15) is 0 Å². The average Bonchev–Trinajstić information content (AvgIpc) is 2.69. The Morgan fingerprint density at radius 3 is 2.52 bits per heavy atom. The molecule has 1 aromatic heterocycles. The summed E-state index contributed by atoms with van der Waals surface area (Å²) in [5, 5.41) is 2.83. The van der Waals surface area contributed by atoms with Crippen LogP contribution in [-0.4, -0.2) is 35.6 Å². The lowest BCUT2D eigenvalue weighted by Crippen LogP contribution is -2.44. The fourth-order valence-corrected chi connectivity index (χ4v) is 2.84. The van der Waals surface area contributed by atoms with Crippen LogP contribution in [0.5, 0.6) is 5.75 Å². The number of methoxy groups -OCH3 is 1. The van der Waals surface area contributed by atoms with Gasteiger partial charge in [0.25, 0.3) is 5.91 Å². The minimum atomic E-state index is -0.693. The van der Waals surface area contributed by atoms with Crippen LogP contribution in [0, 0.1) is 0 Å². The Bertz CT molecular complexity index is 829. The van der Waals surface area contributed by atoms with Crippen molar-refractivity contribution in [3.05, 3.63) is 48.2 Å². The van der Waals surface area contributed by atoms with Crippen molar-refractivity contribution in [2.24, 2.45) is 0 Å². The zero-order valence-electron chi connectivity index (χ0n) is 17.8. The van der Waals surface area contributed by atoms with Crippen LogP contribution in [0.2, 0.25) is 0 Å². The molecule has 1 unspecified atom stereocenters. The Morgan fingerprint density at radius 1 is 1.17 bits per heavy atom. The summed E-state index contributed by atoms with van der Waals surface area (Å²) in [5.74, 6) is -0.135. The summed E-state index contributed by atoms with van der Waals surface area (Å²) in [6.45, 7) is 7.47. The van der Waals surface area contributed by atoms with Crippen LogP contribution < -0.4 is 10.1 Å². The van der Waals surface area contributed by atoms with Gasteiger partial charge in [0.15, 0.2) is 0 Å². The molecule has 0 saturated carbocycles. The summed E-state index contributed by atoms with van der Waals surface area (Å²) < 4.78 is 10.9. The summed E-state index contributed by atoms with van der Waals surface area (Å²) in [6.07, 6.45) is 3.94. The highest BCUT2D eigenvalue weighted by Crippen LogP contribution is 2.29. The van der Waals surface area contributed by atoms with Crippen LogP contribution in [0.3, 0.4) is 0 Å². The average molecular weight is 399 g/mol. The van der Waals surface area contributed by atoms with E-state index >= 15 is 0 Å². The fraction of sp³-hybridized carbons (Fsp3) is 0.435. The van der Waals surface area contributed by atoms with Gasteiger partial charge in [-0.15, -0.1) is 0 Å². The minimum Gasteiger partial charge on any atom is -0.496 e. The van der Waals surface area contributed by atoms with Gasteiger partial charge >= 0.3 is 5.97 Å². The summed E-state index contributed by atoms with van der Waals surface area (Å²) >= 11 is 0. The number of esters is 1. The van der Waals surface area contributed by atoms with Crippen molar-refractivity contribution in [1.29, 1.82) is 0 Å². The number of amides is 1. The van der Waals surface area contributed by atoms with Crippen molar-refractivity contribution in [3.8, 4) is 17.0 Å². The lowest BCUT2D eigenvalue weighted by molar-refractivity contribution is -0.157. The molecule has 6 nitrogen and oxygen atoms in total. The third-order valence-corrected chi connectivity index (χ3v) is 4.25. The first-order valence-corrected chi connectivity index (χ1v) is 9.88. The van der Waals surface area contributed by atoms with Gasteiger partial charge in [0.2, 0.25) is 0 Å². The van der Waals surface area contributed by atoms with E-state index in [0.717, 1.165) is 12.8 Å². The maximum atomic E-state index is 12.9. The first kappa shape index (κ1) is 22.4. The fourth-order valence-electron chi connectivity index (χ4n) is 2.84. The summed E-state index contributed by atoms with van der Waals surface area (Å²) in [5.41, 5.74) is 1.23. The quantitative estimate of drug-likeness (QED) is 0.668. The Balaban J connectivity index is 2.26. The van der Waals surface area contributed by atoms with E-state index in [1.54, 1.807) is 31.5 Å².